The summed E-state index contributed by atoms with van der Waals surface area (Å²) in [4.78, 5) is 21.3. The number of benzene rings is 1. The average Bonchev–Trinajstić information content (AvgIpc) is 2.58. The molecule has 0 atom stereocenters. The smallest absolute Gasteiger partial charge is 0.409 e. The molecule has 1 heterocycles. The summed E-state index contributed by atoms with van der Waals surface area (Å²) in [7, 11) is 0. The van der Waals surface area contributed by atoms with Crippen LogP contribution in [0, 0.1) is 5.82 Å². The maximum Gasteiger partial charge on any atom is 0.409 e. The highest BCUT2D eigenvalue weighted by molar-refractivity contribution is 6.00. The van der Waals surface area contributed by atoms with Crippen molar-refractivity contribution in [1.29, 1.82) is 0 Å². The summed E-state index contributed by atoms with van der Waals surface area (Å²) < 4.78 is 13.3. The fraction of sp³-hybridized carbons (Fsp3) is 0.333. The van der Waals surface area contributed by atoms with Crippen molar-refractivity contribution in [3.8, 4) is 0 Å². The van der Waals surface area contributed by atoms with Crippen LogP contribution >= 0.6 is 0 Å². The molecule has 0 aromatic heterocycles. The van der Waals surface area contributed by atoms with Gasteiger partial charge in [-0.3, -0.25) is 10.1 Å². The van der Waals surface area contributed by atoms with Gasteiger partial charge in [0, 0.05) is 5.69 Å². The molecule has 0 bridgehead atoms. The van der Waals surface area contributed by atoms with Crippen molar-refractivity contribution < 1.29 is 19.1 Å². The first-order valence-corrected chi connectivity index (χ1v) is 5.60. The number of carbonyl (C=O) groups is 2. The minimum absolute atomic E-state index is 0.125. The predicted octanol–water partition coefficient (Wildman–Crippen LogP) is 2.83. The van der Waals surface area contributed by atoms with Crippen molar-refractivity contribution in [2.45, 2.75) is 26.7 Å². The third-order valence-electron chi connectivity index (χ3n) is 2.06. The maximum atomic E-state index is 13.3. The first-order chi connectivity index (χ1) is 8.47. The van der Waals surface area contributed by atoms with E-state index in [0.29, 0.717) is 11.3 Å². The van der Waals surface area contributed by atoms with Crippen molar-refractivity contribution in [1.82, 2.24) is 0 Å². The molecule has 0 unspecified atom stereocenters. The largest absolute Gasteiger partial charge is 0.465 e. The van der Waals surface area contributed by atoms with Crippen LogP contribution in [0.3, 0.4) is 0 Å². The summed E-state index contributed by atoms with van der Waals surface area (Å²) >= 11 is 0. The highest BCUT2D eigenvalue weighted by Crippen LogP contribution is 2.28. The van der Waals surface area contributed by atoms with E-state index in [1.165, 1.54) is 12.5 Å². The number of fused-ring (bicyclic) bond motifs is 1. The molecule has 1 aliphatic heterocycles. The van der Waals surface area contributed by atoms with Gasteiger partial charge in [0.15, 0.2) is 0 Å². The van der Waals surface area contributed by atoms with Gasteiger partial charge in [-0.2, -0.15) is 0 Å². The van der Waals surface area contributed by atoms with Crippen LogP contribution in [0.2, 0.25) is 0 Å². The Bertz CT molecular complexity index is 475. The van der Waals surface area contributed by atoms with Gasteiger partial charge in [0.05, 0.1) is 12.1 Å². The van der Waals surface area contributed by atoms with E-state index in [1.54, 1.807) is 0 Å². The molecule has 6 heteroatoms. The summed E-state index contributed by atoms with van der Waals surface area (Å²) in [5.74, 6) is -0.912. The molecule has 2 amide bonds. The number of rotatable bonds is 1. The third-order valence-corrected chi connectivity index (χ3v) is 2.06. The highest BCUT2D eigenvalue weighted by atomic mass is 19.1. The molecule has 5 nitrogen and oxygen atoms in total. The van der Waals surface area contributed by atoms with Gasteiger partial charge >= 0.3 is 6.09 Å². The molecule has 3 N–H and O–H groups in total. The molecule has 2 rings (SSSR count). The third kappa shape index (κ3) is 3.44. The summed E-state index contributed by atoms with van der Waals surface area (Å²) in [6, 6.07) is 2.42. The van der Waals surface area contributed by atoms with Gasteiger partial charge in [0.2, 0.25) is 5.91 Å². The Labute approximate surface area is 104 Å². The fourth-order valence-corrected chi connectivity index (χ4v) is 1.46. The van der Waals surface area contributed by atoms with Gasteiger partial charge in [0.1, 0.15) is 5.82 Å². The van der Waals surface area contributed by atoms with Crippen molar-refractivity contribution in [3.63, 3.8) is 0 Å². The van der Waals surface area contributed by atoms with Crippen molar-refractivity contribution in [3.05, 3.63) is 23.5 Å². The molecule has 0 spiro atoms. The monoisotopic (exact) mass is 254 g/mol. The van der Waals surface area contributed by atoms with Crippen LogP contribution in [0.15, 0.2) is 12.1 Å². The Balaban J connectivity index is 0.000000492. The zero-order valence-corrected chi connectivity index (χ0v) is 10.2. The molecule has 18 heavy (non-hydrogen) atoms. The van der Waals surface area contributed by atoms with Crippen molar-refractivity contribution in [2.75, 3.05) is 10.6 Å². The van der Waals surface area contributed by atoms with E-state index in [0.717, 1.165) is 6.07 Å². The lowest BCUT2D eigenvalue weighted by molar-refractivity contribution is -0.115. The summed E-state index contributed by atoms with van der Waals surface area (Å²) in [6.07, 6.45) is 0.0257. The minimum Gasteiger partial charge on any atom is -0.465 e. The summed E-state index contributed by atoms with van der Waals surface area (Å²) in [6.45, 7) is 4.25. The lowest BCUT2D eigenvalue weighted by atomic mass is 10.1. The second-order valence-electron chi connectivity index (χ2n) is 3.85. The average molecular weight is 254 g/mol. The number of carbonyl (C=O) groups excluding carboxylic acids is 1. The van der Waals surface area contributed by atoms with Crippen LogP contribution in [0.1, 0.15) is 25.8 Å². The van der Waals surface area contributed by atoms with E-state index in [4.69, 9.17) is 5.11 Å². The van der Waals surface area contributed by atoms with Gasteiger partial charge in [0.25, 0.3) is 0 Å². The quantitative estimate of drug-likeness (QED) is 0.721. The Kier molecular flexibility index (Phi) is 4.65. The molecule has 1 aromatic rings. The molecule has 0 fully saturated rings. The SMILES string of the molecule is CCC.O=C(O)Nc1cc2c(cc1F)CC(=O)N2. The molecule has 1 aromatic carbocycles. The van der Waals surface area contributed by atoms with E-state index in [2.05, 4.69) is 19.2 Å². The Morgan fingerprint density at radius 2 is 2.11 bits per heavy atom. The topological polar surface area (TPSA) is 78.4 Å². The first-order valence-electron chi connectivity index (χ1n) is 5.60. The minimum atomic E-state index is -1.35. The van der Waals surface area contributed by atoms with Crippen LogP contribution in [-0.2, 0) is 11.2 Å². The maximum absolute atomic E-state index is 13.3. The first kappa shape index (κ1) is 14.0. The Morgan fingerprint density at radius 1 is 1.50 bits per heavy atom. The van der Waals surface area contributed by atoms with Gasteiger partial charge in [-0.15, -0.1) is 0 Å². The predicted molar refractivity (Wildman–Crippen MR) is 66.3 cm³/mol. The summed E-state index contributed by atoms with van der Waals surface area (Å²) in [5, 5.41) is 12.8. The highest BCUT2D eigenvalue weighted by Gasteiger charge is 2.20. The molecule has 98 valence electrons. The van der Waals surface area contributed by atoms with Crippen LogP contribution in [-0.4, -0.2) is 17.1 Å². The molecular weight excluding hydrogens is 239 g/mol. The second kappa shape index (κ2) is 6.00. The molecule has 0 radical (unpaired) electrons. The zero-order chi connectivity index (χ0) is 13.7. The summed E-state index contributed by atoms with van der Waals surface area (Å²) in [5.41, 5.74) is 0.821. The molecule has 0 aliphatic carbocycles. The number of hydrogen-bond donors (Lipinski definition) is 3. The fourth-order valence-electron chi connectivity index (χ4n) is 1.46. The van der Waals surface area contributed by atoms with Gasteiger partial charge < -0.3 is 10.4 Å². The van der Waals surface area contributed by atoms with Crippen LogP contribution < -0.4 is 10.6 Å². The standard InChI is InChI=1S/C9H7FN2O3.C3H8/c10-5-1-4-2-8(13)11-6(4)3-7(5)12-9(14)15;1-3-2/h1,3,12H,2H2,(H,11,13)(H,14,15);3H2,1-2H3. The molecule has 0 saturated heterocycles. The van der Waals surface area contributed by atoms with Crippen molar-refractivity contribution >= 4 is 23.4 Å². The van der Waals surface area contributed by atoms with Gasteiger partial charge in [-0.05, 0) is 17.7 Å². The number of anilines is 2. The normalized spacial score (nSPS) is 12.1. The van der Waals surface area contributed by atoms with Crippen LogP contribution in [0.4, 0.5) is 20.6 Å². The number of carboxylic acid groups (broad SMARTS) is 1. The molecule has 0 saturated carbocycles. The Hall–Kier alpha value is -2.11. The van der Waals surface area contributed by atoms with E-state index in [1.807, 2.05) is 5.32 Å². The molecular formula is C12H15FN2O3. The number of nitrogens with one attached hydrogen (secondary N) is 2. The second-order valence-corrected chi connectivity index (χ2v) is 3.85. The number of hydrogen-bond acceptors (Lipinski definition) is 2. The van der Waals surface area contributed by atoms with Crippen LogP contribution in [0.25, 0.3) is 0 Å². The Morgan fingerprint density at radius 3 is 2.67 bits per heavy atom. The van der Waals surface area contributed by atoms with E-state index in [9.17, 15) is 14.0 Å². The van der Waals surface area contributed by atoms with Gasteiger partial charge in [-0.1, -0.05) is 20.3 Å². The zero-order valence-electron chi connectivity index (χ0n) is 10.2. The number of halogens is 1. The lowest BCUT2D eigenvalue weighted by Gasteiger charge is -2.05. The van der Waals surface area contributed by atoms with Crippen LogP contribution in [0.5, 0.6) is 0 Å². The lowest BCUT2D eigenvalue weighted by Crippen LogP contribution is -2.09. The van der Waals surface area contributed by atoms with E-state index >= 15 is 0 Å². The van der Waals surface area contributed by atoms with Gasteiger partial charge in [-0.25, -0.2) is 9.18 Å². The number of amides is 2. The van der Waals surface area contributed by atoms with Crippen molar-refractivity contribution in [2.24, 2.45) is 0 Å². The molecule has 1 aliphatic rings. The van der Waals surface area contributed by atoms with E-state index < -0.39 is 11.9 Å². The van der Waals surface area contributed by atoms with E-state index in [-0.39, 0.29) is 18.0 Å².